The minimum absolute atomic E-state index is 0.211. The number of nitrogens with one attached hydrogen (secondary N) is 1. The average molecular weight is 470 g/mol. The van der Waals surface area contributed by atoms with Gasteiger partial charge in [0.1, 0.15) is 0 Å². The molecule has 0 saturated heterocycles. The molecule has 0 saturated carbocycles. The van der Waals surface area contributed by atoms with E-state index in [1.165, 1.54) is 16.9 Å². The Labute approximate surface area is 200 Å². The molecule has 4 nitrogen and oxygen atoms in total. The number of pyridine rings is 1. The summed E-state index contributed by atoms with van der Waals surface area (Å²) in [5, 5.41) is 6.90. The van der Waals surface area contributed by atoms with E-state index >= 15 is 0 Å². The lowest BCUT2D eigenvalue weighted by Crippen LogP contribution is -2.13. The predicted octanol–water partition coefficient (Wildman–Crippen LogP) is 7.49. The maximum absolute atomic E-state index is 13.3. The van der Waals surface area contributed by atoms with Crippen molar-refractivity contribution >= 4 is 44.9 Å². The number of nitrogens with zero attached hydrogens (tertiary/aromatic N) is 2. The van der Waals surface area contributed by atoms with Gasteiger partial charge in [0, 0.05) is 26.9 Å². The summed E-state index contributed by atoms with van der Waals surface area (Å²) in [6.07, 6.45) is 0.977. The van der Waals surface area contributed by atoms with E-state index in [2.05, 4.69) is 41.5 Å². The van der Waals surface area contributed by atoms with Crippen LogP contribution < -0.4 is 5.32 Å². The molecule has 1 amide bonds. The van der Waals surface area contributed by atoms with Crippen LogP contribution in [0.5, 0.6) is 0 Å². The average Bonchev–Trinajstić information content (AvgIpc) is 3.32. The number of para-hydroxylation sites is 1. The number of aromatic nitrogens is 2. The predicted molar refractivity (Wildman–Crippen MR) is 137 cm³/mol. The monoisotopic (exact) mass is 469 g/mol. The Hall–Kier alpha value is -3.54. The summed E-state index contributed by atoms with van der Waals surface area (Å²) in [5.74, 6) is -0.211. The molecule has 0 radical (unpaired) electrons. The van der Waals surface area contributed by atoms with Gasteiger partial charge in [-0.3, -0.25) is 10.1 Å². The normalized spacial score (nSPS) is 11.0. The van der Waals surface area contributed by atoms with E-state index in [0.717, 1.165) is 39.8 Å². The molecule has 0 unspecified atom stereocenters. The van der Waals surface area contributed by atoms with Crippen LogP contribution in [0.3, 0.4) is 0 Å². The Bertz CT molecular complexity index is 1440. The third-order valence-electron chi connectivity index (χ3n) is 5.48. The van der Waals surface area contributed by atoms with E-state index in [1.807, 2.05) is 60.0 Å². The van der Waals surface area contributed by atoms with Gasteiger partial charge in [-0.25, -0.2) is 9.97 Å². The van der Waals surface area contributed by atoms with Crippen molar-refractivity contribution in [2.75, 3.05) is 5.32 Å². The third-order valence-corrected chi connectivity index (χ3v) is 6.49. The Balaban J connectivity index is 1.48. The molecule has 0 fully saturated rings. The van der Waals surface area contributed by atoms with Crippen molar-refractivity contribution in [3.05, 3.63) is 100 Å². The molecule has 0 aliphatic carbocycles. The summed E-state index contributed by atoms with van der Waals surface area (Å²) in [6.45, 7) is 2.13. The molecule has 6 heteroatoms. The molecule has 0 atom stereocenters. The molecule has 162 valence electrons. The molecular weight excluding hydrogens is 450 g/mol. The highest BCUT2D eigenvalue weighted by Crippen LogP contribution is 2.29. The highest BCUT2D eigenvalue weighted by atomic mass is 35.5. The fourth-order valence-electron chi connectivity index (χ4n) is 3.67. The van der Waals surface area contributed by atoms with Crippen LogP contribution in [0, 0.1) is 0 Å². The number of amides is 1. The minimum Gasteiger partial charge on any atom is -0.298 e. The van der Waals surface area contributed by atoms with Crippen molar-refractivity contribution in [1.82, 2.24) is 9.97 Å². The van der Waals surface area contributed by atoms with E-state index in [9.17, 15) is 4.79 Å². The first-order chi connectivity index (χ1) is 16.1. The van der Waals surface area contributed by atoms with Crippen LogP contribution in [-0.2, 0) is 6.42 Å². The molecule has 2 heterocycles. The second kappa shape index (κ2) is 9.14. The van der Waals surface area contributed by atoms with Crippen molar-refractivity contribution in [3.8, 4) is 22.5 Å². The Kier molecular flexibility index (Phi) is 5.90. The highest BCUT2D eigenvalue weighted by molar-refractivity contribution is 7.14. The maximum Gasteiger partial charge on any atom is 0.258 e. The zero-order chi connectivity index (χ0) is 22.8. The molecule has 5 aromatic rings. The summed E-state index contributed by atoms with van der Waals surface area (Å²) in [4.78, 5) is 22.7. The van der Waals surface area contributed by atoms with Crippen molar-refractivity contribution in [1.29, 1.82) is 0 Å². The molecular formula is C27H20ClN3OS. The number of benzene rings is 3. The number of fused-ring (bicyclic) bond motifs is 1. The molecule has 1 N–H and O–H groups in total. The number of anilines is 1. The van der Waals surface area contributed by atoms with Gasteiger partial charge in [0.15, 0.2) is 5.13 Å². The van der Waals surface area contributed by atoms with Crippen LogP contribution >= 0.6 is 22.9 Å². The molecule has 0 spiro atoms. The lowest BCUT2D eigenvalue weighted by molar-refractivity contribution is 0.102. The first-order valence-electron chi connectivity index (χ1n) is 10.6. The highest BCUT2D eigenvalue weighted by Gasteiger charge is 2.16. The summed E-state index contributed by atoms with van der Waals surface area (Å²) in [7, 11) is 0. The Morgan fingerprint density at radius 1 is 0.909 bits per heavy atom. The van der Waals surface area contributed by atoms with E-state index in [-0.39, 0.29) is 5.91 Å². The second-order valence-electron chi connectivity index (χ2n) is 7.62. The van der Waals surface area contributed by atoms with Crippen LogP contribution in [0.15, 0.2) is 84.2 Å². The number of aryl methyl sites for hydroxylation is 1. The van der Waals surface area contributed by atoms with Gasteiger partial charge in [0.2, 0.25) is 0 Å². The van der Waals surface area contributed by atoms with Gasteiger partial charge in [-0.15, -0.1) is 11.3 Å². The molecule has 0 aliphatic heterocycles. The number of carbonyl (C=O) groups is 1. The summed E-state index contributed by atoms with van der Waals surface area (Å²) >= 11 is 7.37. The molecule has 0 bridgehead atoms. The smallest absolute Gasteiger partial charge is 0.258 e. The SMILES string of the molecule is CCc1ccc(-c2cc(C(=O)Nc3nc(-c4ccc(Cl)cc4)cs3)c3ccccc3n2)cc1. The van der Waals surface area contributed by atoms with Gasteiger partial charge >= 0.3 is 0 Å². The summed E-state index contributed by atoms with van der Waals surface area (Å²) in [6, 6.07) is 25.3. The molecule has 3 aromatic carbocycles. The number of carbonyl (C=O) groups excluding carboxylic acids is 1. The largest absolute Gasteiger partial charge is 0.298 e. The van der Waals surface area contributed by atoms with Crippen LogP contribution in [0.4, 0.5) is 5.13 Å². The first-order valence-corrected chi connectivity index (χ1v) is 11.9. The van der Waals surface area contributed by atoms with Crippen molar-refractivity contribution < 1.29 is 4.79 Å². The molecule has 5 rings (SSSR count). The van der Waals surface area contributed by atoms with Crippen molar-refractivity contribution in [2.45, 2.75) is 13.3 Å². The fraction of sp³-hybridized carbons (Fsp3) is 0.0741. The third kappa shape index (κ3) is 4.51. The fourth-order valence-corrected chi connectivity index (χ4v) is 4.51. The van der Waals surface area contributed by atoms with E-state index in [0.29, 0.717) is 15.7 Å². The maximum atomic E-state index is 13.3. The van der Waals surface area contributed by atoms with E-state index in [1.54, 1.807) is 0 Å². The zero-order valence-electron chi connectivity index (χ0n) is 17.9. The summed E-state index contributed by atoms with van der Waals surface area (Å²) < 4.78 is 0. The van der Waals surface area contributed by atoms with Crippen LogP contribution in [0.1, 0.15) is 22.8 Å². The van der Waals surface area contributed by atoms with Gasteiger partial charge in [0.05, 0.1) is 22.5 Å². The lowest BCUT2D eigenvalue weighted by atomic mass is 10.0. The Morgan fingerprint density at radius 2 is 1.61 bits per heavy atom. The molecule has 0 aliphatic rings. The minimum atomic E-state index is -0.211. The first kappa shape index (κ1) is 21.3. The lowest BCUT2D eigenvalue weighted by Gasteiger charge is -2.10. The number of halogens is 1. The number of hydrogen-bond donors (Lipinski definition) is 1. The number of thiazole rings is 1. The number of rotatable bonds is 5. The van der Waals surface area contributed by atoms with Gasteiger partial charge < -0.3 is 0 Å². The molecule has 2 aromatic heterocycles. The molecule has 33 heavy (non-hydrogen) atoms. The van der Waals surface area contributed by atoms with E-state index < -0.39 is 0 Å². The standard InChI is InChI=1S/C27H20ClN3OS/c1-2-17-7-9-18(10-8-17)24-15-22(21-5-3-4-6-23(21)29-24)26(32)31-27-30-25(16-33-27)19-11-13-20(28)14-12-19/h3-16H,2H2,1H3,(H,30,31,32). The van der Waals surface area contributed by atoms with Crippen LogP contribution in [0.2, 0.25) is 5.02 Å². The van der Waals surface area contributed by atoms with Gasteiger partial charge in [-0.05, 0) is 36.2 Å². The Morgan fingerprint density at radius 3 is 2.36 bits per heavy atom. The van der Waals surface area contributed by atoms with Gasteiger partial charge in [-0.2, -0.15) is 0 Å². The van der Waals surface area contributed by atoms with Crippen LogP contribution in [-0.4, -0.2) is 15.9 Å². The zero-order valence-corrected chi connectivity index (χ0v) is 19.5. The number of hydrogen-bond acceptors (Lipinski definition) is 4. The second-order valence-corrected chi connectivity index (χ2v) is 8.92. The quantitative estimate of drug-likeness (QED) is 0.290. The van der Waals surface area contributed by atoms with Gasteiger partial charge in [-0.1, -0.05) is 73.1 Å². The van der Waals surface area contributed by atoms with Crippen molar-refractivity contribution in [2.24, 2.45) is 0 Å². The van der Waals surface area contributed by atoms with Gasteiger partial charge in [0.25, 0.3) is 5.91 Å². The van der Waals surface area contributed by atoms with E-state index in [4.69, 9.17) is 16.6 Å². The van der Waals surface area contributed by atoms with Crippen molar-refractivity contribution in [3.63, 3.8) is 0 Å². The van der Waals surface area contributed by atoms with Crippen LogP contribution in [0.25, 0.3) is 33.4 Å². The summed E-state index contributed by atoms with van der Waals surface area (Å²) in [5.41, 5.74) is 6.09. The topological polar surface area (TPSA) is 54.9 Å².